The van der Waals surface area contributed by atoms with Gasteiger partial charge in [0.1, 0.15) is 5.65 Å². The first kappa shape index (κ1) is 29.7. The maximum absolute atomic E-state index is 5.44. The molecule has 2 aromatic heterocycles. The normalized spacial score (nSPS) is 14.9. The molecule has 2 nitrogen and oxygen atoms in total. The van der Waals surface area contributed by atoms with Crippen LogP contribution in [0.25, 0.3) is 49.1 Å². The number of unbranched alkanes of at least 4 members (excludes halogenated alkanes) is 1. The van der Waals surface area contributed by atoms with Crippen LogP contribution in [-0.4, -0.2) is 9.38 Å². The topological polar surface area (TPSA) is 17.3 Å². The summed E-state index contributed by atoms with van der Waals surface area (Å²) in [5.41, 5.74) is 7.65. The van der Waals surface area contributed by atoms with Gasteiger partial charge in [0, 0.05) is 10.8 Å². The molecule has 224 valence electrons. The molecule has 43 heavy (non-hydrogen) atoms. The zero-order valence-corrected chi connectivity index (χ0v) is 27.7. The lowest BCUT2D eigenvalue weighted by Crippen LogP contribution is -2.37. The average Bonchev–Trinajstić information content (AvgIpc) is 3.36. The molecular formula is C41H50N2. The minimum Gasteiger partial charge on any atom is -0.292 e. The van der Waals surface area contributed by atoms with Crippen molar-refractivity contribution < 1.29 is 0 Å². The van der Waals surface area contributed by atoms with Gasteiger partial charge in [0.2, 0.25) is 0 Å². The zero-order valence-electron chi connectivity index (χ0n) is 27.7. The van der Waals surface area contributed by atoms with E-state index < -0.39 is 0 Å². The fourth-order valence-electron chi connectivity index (χ4n) is 7.43. The summed E-state index contributed by atoms with van der Waals surface area (Å²) in [6, 6.07) is 27.7. The highest BCUT2D eigenvalue weighted by atomic mass is 15.0. The molecule has 4 aromatic carbocycles. The van der Waals surface area contributed by atoms with E-state index in [0.717, 1.165) is 23.5 Å². The fourth-order valence-corrected chi connectivity index (χ4v) is 7.43. The van der Waals surface area contributed by atoms with E-state index in [-0.39, 0.29) is 10.8 Å². The Morgan fingerprint density at radius 2 is 1.47 bits per heavy atom. The van der Waals surface area contributed by atoms with Crippen molar-refractivity contribution in [3.05, 3.63) is 83.9 Å². The monoisotopic (exact) mass is 570 g/mol. The highest BCUT2D eigenvalue weighted by molar-refractivity contribution is 6.23. The second-order valence-electron chi connectivity index (χ2n) is 15.0. The first-order chi connectivity index (χ1) is 20.5. The summed E-state index contributed by atoms with van der Waals surface area (Å²) in [4.78, 5) is 5.44. The summed E-state index contributed by atoms with van der Waals surface area (Å²) in [6.07, 6.45) is 7.30. The first-order valence-corrected chi connectivity index (χ1v) is 16.7. The van der Waals surface area contributed by atoms with Gasteiger partial charge in [0.05, 0.1) is 16.6 Å². The Morgan fingerprint density at radius 1 is 0.744 bits per heavy atom. The van der Waals surface area contributed by atoms with Crippen molar-refractivity contribution in [2.45, 2.75) is 99.3 Å². The number of rotatable bonds is 9. The SMILES string of the molecule is CCCCC(C)(c1cccc2c1ccc1c3ccccc3n3c4ccc(CC(C)CCC(C)C)cc4nc3c21)C(C)(C)C. The number of pyridine rings is 1. The first-order valence-electron chi connectivity index (χ1n) is 16.7. The Kier molecular flexibility index (Phi) is 7.78. The van der Waals surface area contributed by atoms with Crippen LogP contribution in [-0.2, 0) is 11.8 Å². The minimum absolute atomic E-state index is 0.0601. The summed E-state index contributed by atoms with van der Waals surface area (Å²) in [7, 11) is 0. The van der Waals surface area contributed by atoms with Crippen LogP contribution in [0.1, 0.15) is 98.6 Å². The van der Waals surface area contributed by atoms with Gasteiger partial charge in [-0.25, -0.2) is 4.98 Å². The van der Waals surface area contributed by atoms with Crippen molar-refractivity contribution >= 4 is 49.1 Å². The number of aromatic nitrogens is 2. The zero-order chi connectivity index (χ0) is 30.5. The van der Waals surface area contributed by atoms with Crippen LogP contribution in [0.15, 0.2) is 72.8 Å². The number of para-hydroxylation sites is 1. The Morgan fingerprint density at radius 3 is 2.21 bits per heavy atom. The van der Waals surface area contributed by atoms with Gasteiger partial charge in [-0.05, 0) is 81.0 Å². The Hall–Kier alpha value is -3.39. The molecule has 2 heteroatoms. The van der Waals surface area contributed by atoms with Crippen LogP contribution in [0, 0.1) is 17.3 Å². The van der Waals surface area contributed by atoms with Crippen LogP contribution in [0.3, 0.4) is 0 Å². The highest BCUT2D eigenvalue weighted by Gasteiger charge is 2.39. The summed E-state index contributed by atoms with van der Waals surface area (Å²) in [5.74, 6) is 1.43. The quantitative estimate of drug-likeness (QED) is 0.158. The lowest BCUT2D eigenvalue weighted by atomic mass is 9.61. The van der Waals surface area contributed by atoms with Crippen molar-refractivity contribution in [1.82, 2.24) is 9.38 Å². The van der Waals surface area contributed by atoms with E-state index in [0.29, 0.717) is 5.92 Å². The molecule has 2 heterocycles. The number of hydrogen-bond acceptors (Lipinski definition) is 1. The molecule has 0 amide bonds. The third-order valence-electron chi connectivity index (χ3n) is 10.5. The molecule has 2 unspecified atom stereocenters. The number of nitrogens with zero attached hydrogens (tertiary/aromatic N) is 2. The molecule has 6 aromatic rings. The van der Waals surface area contributed by atoms with Crippen molar-refractivity contribution in [3.63, 3.8) is 0 Å². The standard InChI is InChI=1S/C41H50N2/c1-9-10-24-41(8,40(5,6)7)34-16-13-15-32-30(34)21-22-33-31-14-11-12-17-36(31)43-37-23-20-29(25-28(4)19-18-27(2)3)26-35(37)42-39(43)38(32)33/h11-17,20-23,26-28H,9-10,18-19,24-25H2,1-8H3. The summed E-state index contributed by atoms with van der Waals surface area (Å²) in [6.45, 7) is 19.1. The number of benzene rings is 4. The van der Waals surface area contributed by atoms with Gasteiger partial charge in [-0.3, -0.25) is 4.40 Å². The van der Waals surface area contributed by atoms with Crippen molar-refractivity contribution in [3.8, 4) is 0 Å². The second-order valence-corrected chi connectivity index (χ2v) is 15.0. The maximum atomic E-state index is 5.44. The molecule has 0 aliphatic heterocycles. The summed E-state index contributed by atoms with van der Waals surface area (Å²) < 4.78 is 2.42. The van der Waals surface area contributed by atoms with Gasteiger partial charge in [-0.15, -0.1) is 0 Å². The second kappa shape index (κ2) is 11.3. The van der Waals surface area contributed by atoms with E-state index in [4.69, 9.17) is 4.98 Å². The highest BCUT2D eigenvalue weighted by Crippen LogP contribution is 2.48. The van der Waals surface area contributed by atoms with E-state index in [1.165, 1.54) is 81.2 Å². The predicted octanol–water partition coefficient (Wildman–Crippen LogP) is 12.1. The lowest BCUT2D eigenvalue weighted by molar-refractivity contribution is 0.186. The van der Waals surface area contributed by atoms with E-state index in [2.05, 4.69) is 133 Å². The Labute approximate surface area is 258 Å². The Balaban J connectivity index is 1.63. The van der Waals surface area contributed by atoms with Crippen molar-refractivity contribution in [2.24, 2.45) is 17.3 Å². The van der Waals surface area contributed by atoms with Crippen LogP contribution < -0.4 is 0 Å². The molecule has 0 N–H and O–H groups in total. The van der Waals surface area contributed by atoms with Gasteiger partial charge in [-0.1, -0.05) is 136 Å². The number of fused-ring (bicyclic) bond motifs is 10. The molecule has 0 bridgehead atoms. The molecule has 0 radical (unpaired) electrons. The van der Waals surface area contributed by atoms with Gasteiger partial charge in [-0.2, -0.15) is 0 Å². The third-order valence-corrected chi connectivity index (χ3v) is 10.5. The van der Waals surface area contributed by atoms with Crippen molar-refractivity contribution in [1.29, 1.82) is 0 Å². The van der Waals surface area contributed by atoms with Crippen LogP contribution in [0.5, 0.6) is 0 Å². The smallest absolute Gasteiger partial charge is 0.147 e. The molecule has 2 atom stereocenters. The van der Waals surface area contributed by atoms with E-state index in [9.17, 15) is 0 Å². The molecular weight excluding hydrogens is 520 g/mol. The largest absolute Gasteiger partial charge is 0.292 e. The van der Waals surface area contributed by atoms with Crippen LogP contribution in [0.4, 0.5) is 0 Å². The summed E-state index contributed by atoms with van der Waals surface area (Å²) >= 11 is 0. The minimum atomic E-state index is 0.0601. The van der Waals surface area contributed by atoms with E-state index in [1.807, 2.05) is 0 Å². The molecule has 0 spiro atoms. The Bertz CT molecular complexity index is 1930. The van der Waals surface area contributed by atoms with Crippen molar-refractivity contribution in [2.75, 3.05) is 0 Å². The van der Waals surface area contributed by atoms with Crippen LogP contribution >= 0.6 is 0 Å². The molecule has 0 aliphatic carbocycles. The number of imidazole rings is 1. The maximum Gasteiger partial charge on any atom is 0.147 e. The fraction of sp³-hybridized carbons (Fsp3) is 0.439. The average molecular weight is 571 g/mol. The van der Waals surface area contributed by atoms with Gasteiger partial charge in [0.25, 0.3) is 0 Å². The molecule has 6 rings (SSSR count). The summed E-state index contributed by atoms with van der Waals surface area (Å²) in [5, 5.41) is 6.53. The predicted molar refractivity (Wildman–Crippen MR) is 188 cm³/mol. The van der Waals surface area contributed by atoms with Gasteiger partial charge < -0.3 is 0 Å². The molecule has 0 aliphatic rings. The lowest BCUT2D eigenvalue weighted by Gasteiger charge is -2.43. The van der Waals surface area contributed by atoms with Gasteiger partial charge in [0.15, 0.2) is 0 Å². The number of hydrogen-bond donors (Lipinski definition) is 0. The third kappa shape index (κ3) is 5.11. The molecule has 0 fully saturated rings. The molecule has 0 saturated heterocycles. The van der Waals surface area contributed by atoms with Crippen LogP contribution in [0.2, 0.25) is 0 Å². The van der Waals surface area contributed by atoms with E-state index >= 15 is 0 Å². The van der Waals surface area contributed by atoms with Gasteiger partial charge >= 0.3 is 0 Å². The van der Waals surface area contributed by atoms with E-state index in [1.54, 1.807) is 0 Å². The molecule has 0 saturated carbocycles.